The fraction of sp³-hybridized carbons (Fsp3) is 0.429. The number of aryl methyl sites for hydroxylation is 1. The zero-order valence-corrected chi connectivity index (χ0v) is 17.5. The molecule has 3 rings (SSSR count). The molecule has 0 spiro atoms. The minimum atomic E-state index is -0.970. The van der Waals surface area contributed by atoms with Gasteiger partial charge in [0.1, 0.15) is 17.3 Å². The molecule has 5 N–H and O–H groups in total. The number of nitrogens with zero attached hydrogens (tertiary/aromatic N) is 3. The molecule has 10 heteroatoms. The molecule has 0 aromatic carbocycles. The number of urea groups is 1. The van der Waals surface area contributed by atoms with Gasteiger partial charge in [0, 0.05) is 24.7 Å². The third-order valence-corrected chi connectivity index (χ3v) is 4.96. The highest BCUT2D eigenvalue weighted by atomic mass is 16.3. The number of anilines is 1. The SMILES string of the molecule is CC(C)(O)CNC1=C(C#N)CNC(NC(=O)N2CCCc3cc(CO)c(C=O)nc32)=C1. The summed E-state index contributed by atoms with van der Waals surface area (Å²) in [6.45, 7) is 3.88. The first kappa shape index (κ1) is 22.3. The number of aldehydes is 1. The zero-order valence-electron chi connectivity index (χ0n) is 17.5. The lowest BCUT2D eigenvalue weighted by Crippen LogP contribution is -2.46. The Bertz CT molecular complexity index is 987. The number of rotatable bonds is 6. The lowest BCUT2D eigenvalue weighted by molar-refractivity contribution is 0.0827. The number of pyridine rings is 1. The summed E-state index contributed by atoms with van der Waals surface area (Å²) in [4.78, 5) is 30.1. The Hall–Kier alpha value is -3.42. The molecule has 0 saturated heterocycles. The number of nitriles is 1. The number of dihydropyridines is 1. The number of amides is 2. The van der Waals surface area contributed by atoms with Gasteiger partial charge in [-0.1, -0.05) is 0 Å². The van der Waals surface area contributed by atoms with Crippen molar-refractivity contribution in [2.24, 2.45) is 0 Å². The molecule has 0 bridgehead atoms. The Balaban J connectivity index is 1.81. The second-order valence-electron chi connectivity index (χ2n) is 8.06. The largest absolute Gasteiger partial charge is 0.392 e. The highest BCUT2D eigenvalue weighted by molar-refractivity contribution is 5.94. The van der Waals surface area contributed by atoms with Crippen molar-refractivity contribution in [3.8, 4) is 6.07 Å². The van der Waals surface area contributed by atoms with Gasteiger partial charge in [0.2, 0.25) is 0 Å². The Kier molecular flexibility index (Phi) is 6.58. The van der Waals surface area contributed by atoms with Crippen molar-refractivity contribution in [1.82, 2.24) is 20.9 Å². The number of hydrogen-bond acceptors (Lipinski definition) is 8. The van der Waals surface area contributed by atoms with Gasteiger partial charge < -0.3 is 20.8 Å². The minimum absolute atomic E-state index is 0.107. The molecule has 2 aliphatic heterocycles. The van der Waals surface area contributed by atoms with Crippen molar-refractivity contribution in [3.63, 3.8) is 0 Å². The van der Waals surface area contributed by atoms with Crippen LogP contribution >= 0.6 is 0 Å². The zero-order chi connectivity index (χ0) is 22.6. The fourth-order valence-electron chi connectivity index (χ4n) is 3.38. The lowest BCUT2D eigenvalue weighted by atomic mass is 10.0. The summed E-state index contributed by atoms with van der Waals surface area (Å²) in [7, 11) is 0. The first-order chi connectivity index (χ1) is 14.8. The third kappa shape index (κ3) is 5.20. The Morgan fingerprint density at radius 2 is 2.26 bits per heavy atom. The summed E-state index contributed by atoms with van der Waals surface area (Å²) in [6.07, 6.45) is 3.58. The van der Waals surface area contributed by atoms with Crippen molar-refractivity contribution in [3.05, 3.63) is 46.1 Å². The molecule has 0 fully saturated rings. The molecule has 31 heavy (non-hydrogen) atoms. The number of carbonyl (C=O) groups is 2. The van der Waals surface area contributed by atoms with E-state index in [1.165, 1.54) is 4.90 Å². The van der Waals surface area contributed by atoms with Crippen LogP contribution in [0.4, 0.5) is 10.6 Å². The Morgan fingerprint density at radius 1 is 1.48 bits per heavy atom. The molecule has 3 heterocycles. The standard InChI is InChI=1S/C21H26N6O4/c1-21(2,31)12-24-16-7-18(23-9-15(16)8-22)26-20(30)27-5-3-4-13-6-14(10-28)17(11-29)25-19(13)27/h6-7,11,23-24,28,31H,3-5,9-10,12H2,1-2H3,(H,26,30). The summed E-state index contributed by atoms with van der Waals surface area (Å²) < 4.78 is 0. The molecule has 10 nitrogen and oxygen atoms in total. The minimum Gasteiger partial charge on any atom is -0.392 e. The summed E-state index contributed by atoms with van der Waals surface area (Å²) in [5, 5.41) is 37.5. The maximum absolute atomic E-state index is 13.0. The van der Waals surface area contributed by atoms with Crippen LogP contribution in [0.2, 0.25) is 0 Å². The van der Waals surface area contributed by atoms with E-state index in [4.69, 9.17) is 0 Å². The number of fused-ring (bicyclic) bond motifs is 1. The van der Waals surface area contributed by atoms with Crippen molar-refractivity contribution in [2.75, 3.05) is 24.5 Å². The highest BCUT2D eigenvalue weighted by Crippen LogP contribution is 2.27. The topological polar surface area (TPSA) is 151 Å². The second kappa shape index (κ2) is 9.16. The number of aromatic nitrogens is 1. The average Bonchev–Trinajstić information content (AvgIpc) is 2.75. The van der Waals surface area contributed by atoms with Crippen LogP contribution in [0.15, 0.2) is 29.2 Å². The van der Waals surface area contributed by atoms with Crippen molar-refractivity contribution in [2.45, 2.75) is 38.9 Å². The maximum Gasteiger partial charge on any atom is 0.328 e. The van der Waals surface area contributed by atoms with Crippen LogP contribution in [0.5, 0.6) is 0 Å². The van der Waals surface area contributed by atoms with E-state index < -0.39 is 11.6 Å². The summed E-state index contributed by atoms with van der Waals surface area (Å²) in [6, 6.07) is 3.39. The molecule has 2 amide bonds. The van der Waals surface area contributed by atoms with Crippen LogP contribution < -0.4 is 20.9 Å². The van der Waals surface area contributed by atoms with E-state index in [1.807, 2.05) is 0 Å². The van der Waals surface area contributed by atoms with E-state index in [1.54, 1.807) is 26.0 Å². The number of nitrogens with one attached hydrogen (secondary N) is 3. The van der Waals surface area contributed by atoms with Gasteiger partial charge in [-0.25, -0.2) is 9.78 Å². The molecule has 1 aromatic heterocycles. The van der Waals surface area contributed by atoms with Crippen molar-refractivity contribution < 1.29 is 19.8 Å². The molecule has 0 aliphatic carbocycles. The van der Waals surface area contributed by atoms with Gasteiger partial charge in [-0.15, -0.1) is 0 Å². The average molecular weight is 426 g/mol. The van der Waals surface area contributed by atoms with E-state index in [2.05, 4.69) is 27.0 Å². The van der Waals surface area contributed by atoms with Crippen LogP contribution in [-0.4, -0.2) is 52.7 Å². The summed E-state index contributed by atoms with van der Waals surface area (Å²) in [5.41, 5.74) is 1.34. The molecule has 2 aliphatic rings. The first-order valence-corrected chi connectivity index (χ1v) is 9.98. The number of carbonyl (C=O) groups excluding carboxylic acids is 2. The quantitative estimate of drug-likeness (QED) is 0.411. The maximum atomic E-state index is 13.0. The fourth-order valence-corrected chi connectivity index (χ4v) is 3.38. The summed E-state index contributed by atoms with van der Waals surface area (Å²) >= 11 is 0. The van der Waals surface area contributed by atoms with E-state index in [0.29, 0.717) is 47.7 Å². The van der Waals surface area contributed by atoms with E-state index >= 15 is 0 Å². The number of hydrogen-bond donors (Lipinski definition) is 5. The molecule has 0 radical (unpaired) electrons. The number of aliphatic hydroxyl groups is 2. The van der Waals surface area contributed by atoms with Gasteiger partial charge >= 0.3 is 6.03 Å². The molecular weight excluding hydrogens is 400 g/mol. The summed E-state index contributed by atoms with van der Waals surface area (Å²) in [5.74, 6) is 0.796. The van der Waals surface area contributed by atoms with Crippen LogP contribution in [-0.2, 0) is 13.0 Å². The van der Waals surface area contributed by atoms with Gasteiger partial charge in [-0.3, -0.25) is 15.0 Å². The van der Waals surface area contributed by atoms with Crippen LogP contribution in [0.3, 0.4) is 0 Å². The molecule has 0 unspecified atom stereocenters. The number of allylic oxidation sites excluding steroid dienone is 1. The smallest absolute Gasteiger partial charge is 0.328 e. The van der Waals surface area contributed by atoms with Crippen LogP contribution in [0, 0.1) is 11.3 Å². The van der Waals surface area contributed by atoms with Crippen molar-refractivity contribution >= 4 is 18.1 Å². The molecule has 0 saturated carbocycles. The molecule has 1 aromatic rings. The van der Waals surface area contributed by atoms with Gasteiger partial charge in [-0.05, 0) is 38.3 Å². The van der Waals surface area contributed by atoms with Crippen LogP contribution in [0.25, 0.3) is 0 Å². The predicted octanol–water partition coefficient (Wildman–Crippen LogP) is 0.431. The third-order valence-electron chi connectivity index (χ3n) is 4.96. The van der Waals surface area contributed by atoms with Crippen LogP contribution in [0.1, 0.15) is 41.9 Å². The Labute approximate surface area is 180 Å². The molecule has 0 atom stereocenters. The van der Waals surface area contributed by atoms with E-state index in [-0.39, 0.29) is 25.4 Å². The van der Waals surface area contributed by atoms with Gasteiger partial charge in [0.05, 0.1) is 36.1 Å². The molecule has 164 valence electrons. The predicted molar refractivity (Wildman–Crippen MR) is 113 cm³/mol. The first-order valence-electron chi connectivity index (χ1n) is 9.98. The van der Waals surface area contributed by atoms with E-state index in [0.717, 1.165) is 12.0 Å². The van der Waals surface area contributed by atoms with E-state index in [9.17, 15) is 25.1 Å². The molecular formula is C21H26N6O4. The normalized spacial score (nSPS) is 16.0. The second-order valence-corrected chi connectivity index (χ2v) is 8.06. The Morgan fingerprint density at radius 3 is 2.90 bits per heavy atom. The van der Waals surface area contributed by atoms with Gasteiger partial charge in [0.15, 0.2) is 6.29 Å². The van der Waals surface area contributed by atoms with Gasteiger partial charge in [-0.2, -0.15) is 5.26 Å². The highest BCUT2D eigenvalue weighted by Gasteiger charge is 2.27. The monoisotopic (exact) mass is 426 g/mol. The lowest BCUT2D eigenvalue weighted by Gasteiger charge is -2.30. The number of aliphatic hydroxyl groups excluding tert-OH is 1. The van der Waals surface area contributed by atoms with Crippen molar-refractivity contribution in [1.29, 1.82) is 5.26 Å². The van der Waals surface area contributed by atoms with Gasteiger partial charge in [0.25, 0.3) is 0 Å².